The van der Waals surface area contributed by atoms with E-state index in [9.17, 15) is 4.79 Å². The van der Waals surface area contributed by atoms with Crippen LogP contribution in [0.3, 0.4) is 0 Å². The zero-order chi connectivity index (χ0) is 13.1. The van der Waals surface area contributed by atoms with Crippen molar-refractivity contribution in [3.05, 3.63) is 35.3 Å². The van der Waals surface area contributed by atoms with Gasteiger partial charge in [0.05, 0.1) is 4.48 Å². The highest BCUT2D eigenvalue weighted by atomic mass is 79.9. The molecule has 0 atom stereocenters. The average molecular weight is 314 g/mol. The first kappa shape index (κ1) is 14.0. The van der Waals surface area contributed by atoms with E-state index in [0.717, 1.165) is 11.4 Å². The van der Waals surface area contributed by atoms with Crippen LogP contribution in [0.5, 0.6) is 5.75 Å². The molecule has 0 saturated carbocycles. The molecule has 1 N–H and O–H groups in total. The van der Waals surface area contributed by atoms with Crippen LogP contribution in [0.2, 0.25) is 19.6 Å². The van der Waals surface area contributed by atoms with Gasteiger partial charge < -0.3 is 9.74 Å². The predicted molar refractivity (Wildman–Crippen MR) is 77.1 cm³/mol. The van der Waals surface area contributed by atoms with Gasteiger partial charge in [0.2, 0.25) is 8.32 Å². The average Bonchev–Trinajstić information content (AvgIpc) is 2.18. The molecule has 0 radical (unpaired) electrons. The van der Waals surface area contributed by atoms with Crippen molar-refractivity contribution >= 4 is 35.8 Å². The molecular weight excluding hydrogens is 298 g/mol. The van der Waals surface area contributed by atoms with Gasteiger partial charge in [-0.25, -0.2) is 0 Å². The highest BCUT2D eigenvalue weighted by Gasteiger charge is 2.15. The molecule has 1 aromatic rings. The van der Waals surface area contributed by atoms with Crippen LogP contribution in [0.1, 0.15) is 0 Å². The Morgan fingerprint density at radius 2 is 1.82 bits per heavy atom. The summed E-state index contributed by atoms with van der Waals surface area (Å²) in [6.45, 7) is 9.87. The summed E-state index contributed by atoms with van der Waals surface area (Å²) in [7, 11) is -1.57. The lowest BCUT2D eigenvalue weighted by Gasteiger charge is -2.19. The Labute approximate surface area is 111 Å². The molecule has 1 amide bonds. The molecule has 0 aliphatic rings. The number of carbonyl (C=O) groups is 1. The number of halogens is 1. The monoisotopic (exact) mass is 313 g/mol. The molecule has 0 aromatic heterocycles. The molecule has 0 fully saturated rings. The van der Waals surface area contributed by atoms with Gasteiger partial charge in [-0.1, -0.05) is 6.58 Å². The summed E-state index contributed by atoms with van der Waals surface area (Å²) < 4.78 is 6.11. The Morgan fingerprint density at radius 3 is 2.24 bits per heavy atom. The first-order chi connectivity index (χ1) is 7.78. The largest absolute Gasteiger partial charge is 0.544 e. The molecule has 3 nitrogen and oxygen atoms in total. The summed E-state index contributed by atoms with van der Waals surface area (Å²) in [5, 5.41) is 2.70. The van der Waals surface area contributed by atoms with Crippen molar-refractivity contribution in [3.63, 3.8) is 0 Å². The molecule has 0 aliphatic heterocycles. The number of hydrogen-bond donors (Lipinski definition) is 1. The first-order valence-corrected chi connectivity index (χ1v) is 9.43. The van der Waals surface area contributed by atoms with Gasteiger partial charge in [-0.3, -0.25) is 4.79 Å². The van der Waals surface area contributed by atoms with Crippen LogP contribution in [-0.4, -0.2) is 14.2 Å². The van der Waals surface area contributed by atoms with Crippen molar-refractivity contribution in [2.24, 2.45) is 0 Å². The normalized spacial score (nSPS) is 10.8. The van der Waals surface area contributed by atoms with Crippen LogP contribution in [0.15, 0.2) is 35.3 Å². The van der Waals surface area contributed by atoms with Gasteiger partial charge >= 0.3 is 0 Å². The van der Waals surface area contributed by atoms with E-state index in [1.807, 2.05) is 24.3 Å². The van der Waals surface area contributed by atoms with Crippen LogP contribution >= 0.6 is 15.9 Å². The zero-order valence-corrected chi connectivity index (χ0v) is 12.8. The molecule has 0 spiro atoms. The summed E-state index contributed by atoms with van der Waals surface area (Å²) in [6, 6.07) is 7.32. The number of anilines is 1. The van der Waals surface area contributed by atoms with Crippen molar-refractivity contribution in [1.82, 2.24) is 0 Å². The molecule has 1 rings (SSSR count). The zero-order valence-electron chi connectivity index (χ0n) is 10.2. The second kappa shape index (κ2) is 5.51. The minimum Gasteiger partial charge on any atom is -0.544 e. The Kier molecular flexibility index (Phi) is 4.53. The van der Waals surface area contributed by atoms with Crippen molar-refractivity contribution in [3.8, 4) is 5.75 Å². The molecule has 0 bridgehead atoms. The maximum Gasteiger partial charge on any atom is 0.262 e. The Bertz CT molecular complexity index is 423. The number of carbonyl (C=O) groups excluding carboxylic acids is 1. The third kappa shape index (κ3) is 5.19. The second-order valence-electron chi connectivity index (χ2n) is 4.60. The van der Waals surface area contributed by atoms with Crippen LogP contribution in [-0.2, 0) is 4.79 Å². The van der Waals surface area contributed by atoms with E-state index in [2.05, 4.69) is 47.5 Å². The highest BCUT2D eigenvalue weighted by Crippen LogP contribution is 2.19. The van der Waals surface area contributed by atoms with Gasteiger partial charge in [0.1, 0.15) is 5.75 Å². The van der Waals surface area contributed by atoms with E-state index < -0.39 is 8.32 Å². The van der Waals surface area contributed by atoms with Gasteiger partial charge in [0.15, 0.2) is 0 Å². The summed E-state index contributed by atoms with van der Waals surface area (Å²) in [4.78, 5) is 11.3. The minimum atomic E-state index is -1.57. The summed E-state index contributed by atoms with van der Waals surface area (Å²) in [6.07, 6.45) is 0. The van der Waals surface area contributed by atoms with Crippen LogP contribution < -0.4 is 9.74 Å². The van der Waals surface area contributed by atoms with E-state index in [1.165, 1.54) is 0 Å². The number of benzene rings is 1. The van der Waals surface area contributed by atoms with E-state index in [0.29, 0.717) is 4.48 Å². The molecule has 0 unspecified atom stereocenters. The fourth-order valence-electron chi connectivity index (χ4n) is 1.16. The molecule has 1 aromatic carbocycles. The van der Waals surface area contributed by atoms with Crippen molar-refractivity contribution in [2.75, 3.05) is 5.32 Å². The summed E-state index contributed by atoms with van der Waals surface area (Å²) in [5.74, 6) is 0.587. The number of nitrogens with one attached hydrogen (secondary N) is 1. The Hall–Kier alpha value is -1.07. The van der Waals surface area contributed by atoms with Gasteiger partial charge in [-0.05, 0) is 59.8 Å². The Balaban J connectivity index is 2.68. The van der Waals surface area contributed by atoms with E-state index >= 15 is 0 Å². The SMILES string of the molecule is C=C(Br)C(=O)Nc1ccc(O[Si](C)(C)C)cc1. The van der Waals surface area contributed by atoms with Crippen LogP contribution in [0.4, 0.5) is 5.69 Å². The quantitative estimate of drug-likeness (QED) is 0.679. The minimum absolute atomic E-state index is 0.246. The summed E-state index contributed by atoms with van der Waals surface area (Å²) >= 11 is 3.03. The predicted octanol–water partition coefficient (Wildman–Crippen LogP) is 3.75. The van der Waals surface area contributed by atoms with E-state index in [1.54, 1.807) is 0 Å². The highest BCUT2D eigenvalue weighted by molar-refractivity contribution is 9.12. The van der Waals surface area contributed by atoms with Gasteiger partial charge in [0, 0.05) is 5.69 Å². The van der Waals surface area contributed by atoms with Crippen LogP contribution in [0, 0.1) is 0 Å². The molecule has 0 heterocycles. The number of amides is 1. The van der Waals surface area contributed by atoms with Gasteiger partial charge in [-0.2, -0.15) is 0 Å². The molecule has 92 valence electrons. The van der Waals surface area contributed by atoms with Crippen LogP contribution in [0.25, 0.3) is 0 Å². The molecular formula is C12H16BrNO2Si. The molecule has 5 heteroatoms. The van der Waals surface area contributed by atoms with Gasteiger partial charge in [-0.15, -0.1) is 0 Å². The lowest BCUT2D eigenvalue weighted by atomic mass is 10.3. The third-order valence-corrected chi connectivity index (χ3v) is 2.99. The van der Waals surface area contributed by atoms with E-state index in [4.69, 9.17) is 4.43 Å². The van der Waals surface area contributed by atoms with Crippen molar-refractivity contribution < 1.29 is 9.22 Å². The standard InChI is InChI=1S/C12H16BrNO2Si/c1-9(13)12(15)14-10-5-7-11(8-6-10)16-17(2,3)4/h5-8H,1H2,2-4H3,(H,14,15). The maximum atomic E-state index is 11.3. The number of hydrogen-bond acceptors (Lipinski definition) is 2. The third-order valence-electron chi connectivity index (χ3n) is 1.78. The van der Waals surface area contributed by atoms with Crippen molar-refractivity contribution in [2.45, 2.75) is 19.6 Å². The topological polar surface area (TPSA) is 38.3 Å². The number of rotatable bonds is 4. The van der Waals surface area contributed by atoms with E-state index in [-0.39, 0.29) is 5.91 Å². The van der Waals surface area contributed by atoms with Crippen molar-refractivity contribution in [1.29, 1.82) is 0 Å². The second-order valence-corrected chi connectivity index (χ2v) is 9.98. The Morgan fingerprint density at radius 1 is 1.29 bits per heavy atom. The summed E-state index contributed by atoms with van der Waals surface area (Å²) in [5.41, 5.74) is 0.721. The molecule has 17 heavy (non-hydrogen) atoms. The molecule has 0 aliphatic carbocycles. The lowest BCUT2D eigenvalue weighted by Crippen LogP contribution is -2.29. The fraction of sp³-hybridized carbons (Fsp3) is 0.250. The smallest absolute Gasteiger partial charge is 0.262 e. The molecule has 0 saturated heterocycles. The first-order valence-electron chi connectivity index (χ1n) is 5.23. The van der Waals surface area contributed by atoms with Gasteiger partial charge in [0.25, 0.3) is 5.91 Å². The lowest BCUT2D eigenvalue weighted by molar-refractivity contribution is -0.112. The fourth-order valence-corrected chi connectivity index (χ4v) is 2.10. The maximum absolute atomic E-state index is 11.3.